The van der Waals surface area contributed by atoms with Crippen molar-refractivity contribution < 1.29 is 33.3 Å². The summed E-state index contributed by atoms with van der Waals surface area (Å²) in [6, 6.07) is 26.8. The first-order valence-electron chi connectivity index (χ1n) is 15.6. The molecule has 0 unspecified atom stereocenters. The fraction of sp³-hybridized carbons (Fsp3) is 0.400. The van der Waals surface area contributed by atoms with Gasteiger partial charge in [-0.1, -0.05) is 91.0 Å². The number of nitrogens with zero attached hydrogens (tertiary/aromatic N) is 1. The average molecular weight is 614 g/mol. The third-order valence-corrected chi connectivity index (χ3v) is 8.55. The van der Waals surface area contributed by atoms with Gasteiger partial charge in [0, 0.05) is 13.0 Å². The zero-order valence-electron chi connectivity index (χ0n) is 25.1. The Labute approximate surface area is 263 Å². The summed E-state index contributed by atoms with van der Waals surface area (Å²) in [5.74, 6) is -0.720. The molecule has 10 nitrogen and oxygen atoms in total. The van der Waals surface area contributed by atoms with E-state index in [1.54, 1.807) is 0 Å². The molecule has 45 heavy (non-hydrogen) atoms. The van der Waals surface area contributed by atoms with E-state index in [0.717, 1.165) is 16.7 Å². The highest BCUT2D eigenvalue weighted by molar-refractivity contribution is 5.92. The Morgan fingerprint density at radius 2 is 1.42 bits per heavy atom. The largest absolute Gasteiger partial charge is 0.445 e. The van der Waals surface area contributed by atoms with Crippen LogP contribution >= 0.6 is 0 Å². The van der Waals surface area contributed by atoms with Gasteiger partial charge in [-0.25, -0.2) is 4.79 Å². The van der Waals surface area contributed by atoms with Crippen LogP contribution in [-0.2, 0) is 48.2 Å². The lowest BCUT2D eigenvalue weighted by molar-refractivity contribution is -0.131. The summed E-state index contributed by atoms with van der Waals surface area (Å²) in [5.41, 5.74) is 2.83. The number of benzene rings is 3. The van der Waals surface area contributed by atoms with E-state index in [1.807, 2.05) is 91.0 Å². The first-order chi connectivity index (χ1) is 22.0. The maximum atomic E-state index is 13.7. The van der Waals surface area contributed by atoms with E-state index in [2.05, 4.69) is 10.6 Å². The van der Waals surface area contributed by atoms with Gasteiger partial charge in [-0.3, -0.25) is 14.5 Å². The molecule has 6 rings (SSSR count). The first-order valence-corrected chi connectivity index (χ1v) is 15.6. The molecule has 2 N–H and O–H groups in total. The number of ether oxygens (including phenoxy) is 4. The standard InChI is InChI=1S/C35H39N3O7/c39-33(37-28-22-43-32-30(23-44-31(28)32)42-20-25-13-6-2-7-14-25)27(19-24-11-4-1-5-12-24)36-34(40)29-17-10-18-38(29)35(41)45-21-26-15-8-3-9-16-26/h1-9,11-16,27-32H,10,17-23H2,(H,36,40)(H,37,39)/t27-,28-,29-,30+,31+,32+/m0/s1. The lowest BCUT2D eigenvalue weighted by atomic mass is 10.0. The predicted octanol–water partition coefficient (Wildman–Crippen LogP) is 3.38. The Morgan fingerprint density at radius 1 is 0.800 bits per heavy atom. The van der Waals surface area contributed by atoms with Gasteiger partial charge < -0.3 is 29.6 Å². The number of fused-ring (bicyclic) bond motifs is 1. The average Bonchev–Trinajstić information content (AvgIpc) is 3.82. The number of hydrogen-bond donors (Lipinski definition) is 2. The predicted molar refractivity (Wildman–Crippen MR) is 165 cm³/mol. The van der Waals surface area contributed by atoms with Gasteiger partial charge >= 0.3 is 6.09 Å². The van der Waals surface area contributed by atoms with Crippen molar-refractivity contribution in [1.82, 2.24) is 15.5 Å². The molecule has 0 radical (unpaired) electrons. The molecule has 3 fully saturated rings. The molecule has 3 heterocycles. The third-order valence-electron chi connectivity index (χ3n) is 8.55. The van der Waals surface area contributed by atoms with Crippen molar-refractivity contribution in [3.8, 4) is 0 Å². The SMILES string of the molecule is O=C(N[C@H]1CO[C@H]2[C@@H]1OC[C@H]2OCc1ccccc1)[C@H](Cc1ccccc1)NC(=O)[C@@H]1CCCN1C(=O)OCc1ccccc1. The molecule has 10 heteroatoms. The summed E-state index contributed by atoms with van der Waals surface area (Å²) in [5, 5.41) is 6.01. The Kier molecular flexibility index (Phi) is 10.0. The highest BCUT2D eigenvalue weighted by Gasteiger charge is 2.49. The monoisotopic (exact) mass is 613 g/mol. The van der Waals surface area contributed by atoms with Gasteiger partial charge in [-0.15, -0.1) is 0 Å². The van der Waals surface area contributed by atoms with E-state index in [0.29, 0.717) is 32.6 Å². The van der Waals surface area contributed by atoms with E-state index in [9.17, 15) is 14.4 Å². The molecule has 236 valence electrons. The maximum Gasteiger partial charge on any atom is 0.410 e. The van der Waals surface area contributed by atoms with E-state index in [-0.39, 0.29) is 55.8 Å². The summed E-state index contributed by atoms with van der Waals surface area (Å²) in [7, 11) is 0. The lowest BCUT2D eigenvalue weighted by Crippen LogP contribution is -2.56. The number of likely N-dealkylation sites (tertiary alicyclic amines) is 1. The van der Waals surface area contributed by atoms with Crippen molar-refractivity contribution in [2.24, 2.45) is 0 Å². The summed E-state index contributed by atoms with van der Waals surface area (Å²) < 4.78 is 23.7. The number of amides is 3. The van der Waals surface area contributed by atoms with Crippen LogP contribution in [0.1, 0.15) is 29.5 Å². The zero-order chi connectivity index (χ0) is 31.0. The van der Waals surface area contributed by atoms with E-state index in [1.165, 1.54) is 4.90 Å². The van der Waals surface area contributed by atoms with Crippen LogP contribution in [0.3, 0.4) is 0 Å². The molecule has 0 aromatic heterocycles. The Bertz CT molecular complexity index is 1420. The molecule has 3 aromatic carbocycles. The fourth-order valence-electron chi connectivity index (χ4n) is 6.18. The van der Waals surface area contributed by atoms with E-state index >= 15 is 0 Å². The van der Waals surface area contributed by atoms with Crippen molar-refractivity contribution in [1.29, 1.82) is 0 Å². The van der Waals surface area contributed by atoms with Crippen LogP contribution in [0.4, 0.5) is 4.79 Å². The van der Waals surface area contributed by atoms with Crippen LogP contribution in [0.5, 0.6) is 0 Å². The van der Waals surface area contributed by atoms with Gasteiger partial charge in [-0.05, 0) is 29.5 Å². The quantitative estimate of drug-likeness (QED) is 0.341. The topological polar surface area (TPSA) is 115 Å². The third kappa shape index (κ3) is 7.70. The van der Waals surface area contributed by atoms with Gasteiger partial charge in [0.1, 0.15) is 37.0 Å². The van der Waals surface area contributed by atoms with Crippen LogP contribution in [0.2, 0.25) is 0 Å². The van der Waals surface area contributed by atoms with Crippen LogP contribution in [0, 0.1) is 0 Å². The van der Waals surface area contributed by atoms with Crippen molar-refractivity contribution in [2.45, 2.75) is 68.9 Å². The van der Waals surface area contributed by atoms with Gasteiger partial charge in [-0.2, -0.15) is 0 Å². The molecular weight excluding hydrogens is 574 g/mol. The molecule has 0 bridgehead atoms. The highest BCUT2D eigenvalue weighted by atomic mass is 16.6. The molecule has 0 aliphatic carbocycles. The molecule has 3 aliphatic rings. The summed E-state index contributed by atoms with van der Waals surface area (Å²) in [6.07, 6.45) is 0.00689. The van der Waals surface area contributed by atoms with Crippen molar-refractivity contribution in [3.63, 3.8) is 0 Å². The molecule has 0 saturated carbocycles. The smallest absolute Gasteiger partial charge is 0.410 e. The number of rotatable bonds is 11. The molecule has 3 aliphatic heterocycles. The minimum atomic E-state index is -0.867. The Morgan fingerprint density at radius 3 is 2.11 bits per heavy atom. The second kappa shape index (κ2) is 14.7. The van der Waals surface area contributed by atoms with Crippen molar-refractivity contribution in [3.05, 3.63) is 108 Å². The second-order valence-electron chi connectivity index (χ2n) is 11.7. The maximum absolute atomic E-state index is 13.7. The van der Waals surface area contributed by atoms with Crippen LogP contribution in [0.15, 0.2) is 91.0 Å². The zero-order valence-corrected chi connectivity index (χ0v) is 25.1. The Hall–Kier alpha value is -4.25. The molecule has 0 spiro atoms. The Balaban J connectivity index is 1.07. The van der Waals surface area contributed by atoms with Gasteiger partial charge in [0.15, 0.2) is 0 Å². The lowest BCUT2D eigenvalue weighted by Gasteiger charge is -2.27. The minimum absolute atomic E-state index is 0.120. The number of hydrogen-bond acceptors (Lipinski definition) is 7. The van der Waals surface area contributed by atoms with Crippen molar-refractivity contribution >= 4 is 17.9 Å². The highest BCUT2D eigenvalue weighted by Crippen LogP contribution is 2.30. The molecule has 3 amide bonds. The molecule has 6 atom stereocenters. The fourth-order valence-corrected chi connectivity index (χ4v) is 6.18. The number of carbonyl (C=O) groups excluding carboxylic acids is 3. The second-order valence-corrected chi connectivity index (χ2v) is 11.7. The number of carbonyl (C=O) groups is 3. The summed E-state index contributed by atoms with van der Waals surface area (Å²) >= 11 is 0. The van der Waals surface area contributed by atoms with Crippen molar-refractivity contribution in [2.75, 3.05) is 19.8 Å². The van der Waals surface area contributed by atoms with Crippen LogP contribution < -0.4 is 10.6 Å². The van der Waals surface area contributed by atoms with Crippen LogP contribution in [-0.4, -0.2) is 79.0 Å². The van der Waals surface area contributed by atoms with Gasteiger partial charge in [0.25, 0.3) is 0 Å². The normalized spacial score (nSPS) is 24.5. The first kappa shape index (κ1) is 30.8. The van der Waals surface area contributed by atoms with E-state index < -0.39 is 18.2 Å². The summed E-state index contributed by atoms with van der Waals surface area (Å²) in [4.78, 5) is 41.7. The molecule has 3 saturated heterocycles. The van der Waals surface area contributed by atoms with E-state index in [4.69, 9.17) is 18.9 Å². The molecule has 3 aromatic rings. The summed E-state index contributed by atoms with van der Waals surface area (Å²) in [6.45, 7) is 1.63. The van der Waals surface area contributed by atoms with Crippen LogP contribution in [0.25, 0.3) is 0 Å². The van der Waals surface area contributed by atoms with Gasteiger partial charge in [0.05, 0.1) is 25.9 Å². The molecular formula is C35H39N3O7. The minimum Gasteiger partial charge on any atom is -0.445 e. The number of nitrogens with one attached hydrogen (secondary N) is 2. The van der Waals surface area contributed by atoms with Gasteiger partial charge in [0.2, 0.25) is 11.8 Å².